The van der Waals surface area contributed by atoms with Gasteiger partial charge < -0.3 is 11.1 Å². The van der Waals surface area contributed by atoms with Crippen LogP contribution in [0.2, 0.25) is 0 Å². The highest BCUT2D eigenvalue weighted by Gasteiger charge is 2.13. The number of anilines is 1. The lowest BCUT2D eigenvalue weighted by Crippen LogP contribution is -2.33. The fraction of sp³-hybridized carbons (Fsp3) is 0.417. The van der Waals surface area contributed by atoms with Crippen molar-refractivity contribution in [2.75, 3.05) is 5.32 Å². The molecule has 1 rings (SSSR count). The molecule has 3 nitrogen and oxygen atoms in total. The van der Waals surface area contributed by atoms with E-state index in [9.17, 15) is 4.79 Å². The van der Waals surface area contributed by atoms with Crippen LogP contribution in [0.4, 0.5) is 5.69 Å². The molecule has 0 fully saturated rings. The van der Waals surface area contributed by atoms with Gasteiger partial charge in [-0.3, -0.25) is 4.79 Å². The Morgan fingerprint density at radius 3 is 2.62 bits per heavy atom. The summed E-state index contributed by atoms with van der Waals surface area (Å²) in [5.41, 5.74) is 6.40. The molecular formula is C12H17IN2O. The molecule has 0 saturated heterocycles. The Hall–Kier alpha value is -0.620. The Bertz CT molecular complexity index is 372. The Balaban J connectivity index is 2.50. The van der Waals surface area contributed by atoms with E-state index < -0.39 is 0 Å². The molecule has 0 heterocycles. The van der Waals surface area contributed by atoms with Crippen LogP contribution in [-0.4, -0.2) is 11.4 Å². The Kier molecular flexibility index (Phi) is 4.73. The minimum Gasteiger partial charge on any atom is -0.326 e. The SMILES string of the molecule is CC(C)(N)CCC(=O)Nc1ccccc1I. The highest BCUT2D eigenvalue weighted by atomic mass is 127. The first kappa shape index (κ1) is 13.4. The second-order valence-corrected chi connectivity index (χ2v) is 5.68. The molecule has 0 saturated carbocycles. The molecule has 1 aromatic rings. The van der Waals surface area contributed by atoms with Crippen LogP contribution >= 0.6 is 22.6 Å². The van der Waals surface area contributed by atoms with Gasteiger partial charge in [0.25, 0.3) is 0 Å². The molecule has 0 atom stereocenters. The second-order valence-electron chi connectivity index (χ2n) is 4.52. The van der Waals surface area contributed by atoms with Crippen molar-refractivity contribution in [3.05, 3.63) is 27.8 Å². The first-order valence-corrected chi connectivity index (χ1v) is 6.29. The van der Waals surface area contributed by atoms with Gasteiger partial charge in [-0.2, -0.15) is 0 Å². The zero-order valence-electron chi connectivity index (χ0n) is 9.59. The number of carbonyl (C=O) groups excluding carboxylic acids is 1. The van der Waals surface area contributed by atoms with Crippen molar-refractivity contribution in [3.8, 4) is 0 Å². The quantitative estimate of drug-likeness (QED) is 0.833. The molecule has 0 spiro atoms. The summed E-state index contributed by atoms with van der Waals surface area (Å²) in [6.45, 7) is 3.85. The lowest BCUT2D eigenvalue weighted by Gasteiger charge is -2.17. The van der Waals surface area contributed by atoms with E-state index in [1.54, 1.807) is 0 Å². The van der Waals surface area contributed by atoms with Gasteiger partial charge in [-0.1, -0.05) is 12.1 Å². The third-order valence-corrected chi connectivity index (χ3v) is 3.09. The summed E-state index contributed by atoms with van der Waals surface area (Å²) in [5, 5.41) is 2.88. The maximum Gasteiger partial charge on any atom is 0.224 e. The molecule has 1 amide bonds. The van der Waals surface area contributed by atoms with E-state index in [4.69, 9.17) is 5.73 Å². The molecule has 0 aliphatic carbocycles. The topological polar surface area (TPSA) is 55.1 Å². The van der Waals surface area contributed by atoms with Gasteiger partial charge in [0.2, 0.25) is 5.91 Å². The number of hydrogen-bond donors (Lipinski definition) is 2. The summed E-state index contributed by atoms with van der Waals surface area (Å²) >= 11 is 2.20. The molecule has 0 aromatic heterocycles. The van der Waals surface area contributed by atoms with Crippen molar-refractivity contribution in [2.24, 2.45) is 5.73 Å². The molecule has 0 aliphatic heterocycles. The number of halogens is 1. The number of amides is 1. The maximum atomic E-state index is 11.6. The van der Waals surface area contributed by atoms with Crippen LogP contribution in [-0.2, 0) is 4.79 Å². The maximum absolute atomic E-state index is 11.6. The summed E-state index contributed by atoms with van der Waals surface area (Å²) in [7, 11) is 0. The summed E-state index contributed by atoms with van der Waals surface area (Å²) in [4.78, 5) is 11.6. The van der Waals surface area contributed by atoms with Crippen molar-refractivity contribution >= 4 is 34.2 Å². The zero-order valence-corrected chi connectivity index (χ0v) is 11.7. The van der Waals surface area contributed by atoms with Gasteiger partial charge in [-0.15, -0.1) is 0 Å². The highest BCUT2D eigenvalue weighted by molar-refractivity contribution is 14.1. The largest absolute Gasteiger partial charge is 0.326 e. The molecular weight excluding hydrogens is 315 g/mol. The van der Waals surface area contributed by atoms with Crippen LogP contribution in [0.15, 0.2) is 24.3 Å². The van der Waals surface area contributed by atoms with Crippen LogP contribution < -0.4 is 11.1 Å². The van der Waals surface area contributed by atoms with Gasteiger partial charge in [-0.25, -0.2) is 0 Å². The molecule has 0 radical (unpaired) electrons. The van der Waals surface area contributed by atoms with Gasteiger partial charge in [0, 0.05) is 15.5 Å². The summed E-state index contributed by atoms with van der Waals surface area (Å²) in [6, 6.07) is 7.71. The Morgan fingerprint density at radius 2 is 2.06 bits per heavy atom. The third-order valence-electron chi connectivity index (χ3n) is 2.14. The lowest BCUT2D eigenvalue weighted by molar-refractivity contribution is -0.116. The van der Waals surface area contributed by atoms with Crippen molar-refractivity contribution < 1.29 is 4.79 Å². The first-order chi connectivity index (χ1) is 7.38. The predicted molar refractivity (Wildman–Crippen MR) is 75.3 cm³/mol. The number of hydrogen-bond acceptors (Lipinski definition) is 2. The lowest BCUT2D eigenvalue weighted by atomic mass is 10.00. The molecule has 3 N–H and O–H groups in total. The number of carbonyl (C=O) groups is 1. The Labute approximate surface area is 110 Å². The summed E-state index contributed by atoms with van der Waals surface area (Å²) in [5.74, 6) is 0.0163. The third kappa shape index (κ3) is 4.94. The minimum absolute atomic E-state index is 0.0163. The van der Waals surface area contributed by atoms with Gasteiger partial charge in [0.15, 0.2) is 0 Å². The monoisotopic (exact) mass is 332 g/mol. The van der Waals surface area contributed by atoms with E-state index >= 15 is 0 Å². The van der Waals surface area contributed by atoms with E-state index in [1.165, 1.54) is 0 Å². The van der Waals surface area contributed by atoms with Crippen LogP contribution in [0, 0.1) is 3.57 Å². The normalized spacial score (nSPS) is 11.2. The minimum atomic E-state index is -0.290. The van der Waals surface area contributed by atoms with Crippen LogP contribution in [0.25, 0.3) is 0 Å². The molecule has 0 unspecified atom stereocenters. The second kappa shape index (κ2) is 5.63. The van der Waals surface area contributed by atoms with Crippen molar-refractivity contribution in [1.29, 1.82) is 0 Å². The standard InChI is InChI=1S/C12H17IN2O/c1-12(2,14)8-7-11(16)15-10-6-4-3-5-9(10)13/h3-6H,7-8,14H2,1-2H3,(H,15,16). The van der Waals surface area contributed by atoms with Gasteiger partial charge in [0.1, 0.15) is 0 Å². The van der Waals surface area contributed by atoms with Gasteiger partial charge >= 0.3 is 0 Å². The fourth-order valence-corrected chi connectivity index (χ4v) is 1.73. The average molecular weight is 332 g/mol. The zero-order chi connectivity index (χ0) is 12.2. The van der Waals surface area contributed by atoms with E-state index in [2.05, 4.69) is 27.9 Å². The number of rotatable bonds is 4. The molecule has 0 bridgehead atoms. The number of benzene rings is 1. The van der Waals surface area contributed by atoms with Crippen LogP contribution in [0.3, 0.4) is 0 Å². The van der Waals surface area contributed by atoms with Gasteiger partial charge in [0.05, 0.1) is 5.69 Å². The predicted octanol–water partition coefficient (Wildman–Crippen LogP) is 2.75. The van der Waals surface area contributed by atoms with Crippen molar-refractivity contribution in [1.82, 2.24) is 0 Å². The van der Waals surface area contributed by atoms with Crippen molar-refractivity contribution in [2.45, 2.75) is 32.2 Å². The number of nitrogens with one attached hydrogen (secondary N) is 1. The smallest absolute Gasteiger partial charge is 0.224 e. The number of nitrogens with two attached hydrogens (primary N) is 1. The first-order valence-electron chi connectivity index (χ1n) is 5.22. The fourth-order valence-electron chi connectivity index (χ4n) is 1.21. The molecule has 16 heavy (non-hydrogen) atoms. The van der Waals surface area contributed by atoms with E-state index in [-0.39, 0.29) is 11.4 Å². The van der Waals surface area contributed by atoms with Crippen molar-refractivity contribution in [3.63, 3.8) is 0 Å². The van der Waals surface area contributed by atoms with Gasteiger partial charge in [-0.05, 0) is 55.0 Å². The molecule has 0 aliphatic rings. The molecule has 4 heteroatoms. The number of para-hydroxylation sites is 1. The summed E-state index contributed by atoms with van der Waals surface area (Å²) in [6.07, 6.45) is 1.14. The van der Waals surface area contributed by atoms with Crippen LogP contribution in [0.5, 0.6) is 0 Å². The van der Waals surface area contributed by atoms with Crippen LogP contribution in [0.1, 0.15) is 26.7 Å². The van der Waals surface area contributed by atoms with E-state index in [0.29, 0.717) is 12.8 Å². The highest BCUT2D eigenvalue weighted by Crippen LogP contribution is 2.17. The molecule has 1 aromatic carbocycles. The molecule has 88 valence electrons. The Morgan fingerprint density at radius 1 is 1.44 bits per heavy atom. The average Bonchev–Trinajstić information content (AvgIpc) is 2.18. The van der Waals surface area contributed by atoms with E-state index in [1.807, 2.05) is 38.1 Å². The van der Waals surface area contributed by atoms with E-state index in [0.717, 1.165) is 9.26 Å². The summed E-state index contributed by atoms with van der Waals surface area (Å²) < 4.78 is 1.04.